The highest BCUT2D eigenvalue weighted by Gasteiger charge is 2.23. The van der Waals surface area contributed by atoms with Crippen LogP contribution >= 0.6 is 0 Å². The van der Waals surface area contributed by atoms with Crippen molar-refractivity contribution in [2.45, 2.75) is 13.5 Å². The molecular formula is C16H18N6O2. The Kier molecular flexibility index (Phi) is 3.73. The molecule has 4 rings (SSSR count). The van der Waals surface area contributed by atoms with Gasteiger partial charge in [-0.15, -0.1) is 0 Å². The number of piperazine rings is 1. The first-order valence-corrected chi connectivity index (χ1v) is 7.92. The van der Waals surface area contributed by atoms with Crippen molar-refractivity contribution >= 4 is 17.0 Å². The Morgan fingerprint density at radius 3 is 2.88 bits per heavy atom. The average Bonchev–Trinajstić information content (AvgIpc) is 3.22. The number of fused-ring (bicyclic) bond motifs is 1. The third-order valence-electron chi connectivity index (χ3n) is 4.24. The fourth-order valence-corrected chi connectivity index (χ4v) is 2.98. The van der Waals surface area contributed by atoms with E-state index in [0.717, 1.165) is 31.0 Å². The first-order chi connectivity index (χ1) is 11.7. The number of carbonyl (C=O) groups is 1. The molecule has 124 valence electrons. The summed E-state index contributed by atoms with van der Waals surface area (Å²) in [6.07, 6.45) is 1.51. The van der Waals surface area contributed by atoms with Crippen LogP contribution in [0, 0.1) is 6.92 Å². The Labute approximate surface area is 138 Å². The number of aryl methyl sites for hydroxylation is 1. The van der Waals surface area contributed by atoms with Gasteiger partial charge >= 0.3 is 0 Å². The molecule has 1 amide bonds. The van der Waals surface area contributed by atoms with Gasteiger partial charge in [0.15, 0.2) is 11.5 Å². The van der Waals surface area contributed by atoms with Crippen LogP contribution in [-0.2, 0) is 6.54 Å². The molecule has 0 spiro atoms. The van der Waals surface area contributed by atoms with E-state index in [0.29, 0.717) is 30.1 Å². The maximum absolute atomic E-state index is 12.7. The summed E-state index contributed by atoms with van der Waals surface area (Å²) in [7, 11) is 0. The molecule has 0 saturated carbocycles. The normalized spacial score (nSPS) is 16.0. The second-order valence-corrected chi connectivity index (χ2v) is 5.92. The summed E-state index contributed by atoms with van der Waals surface area (Å²) in [4.78, 5) is 25.2. The Balaban J connectivity index is 1.41. The number of hydrogen-bond donors (Lipinski definition) is 1. The Hall–Kier alpha value is -2.74. The van der Waals surface area contributed by atoms with Gasteiger partial charge in [0, 0.05) is 38.7 Å². The third-order valence-corrected chi connectivity index (χ3v) is 4.24. The van der Waals surface area contributed by atoms with Crippen LogP contribution in [0.15, 0.2) is 28.9 Å². The van der Waals surface area contributed by atoms with Crippen molar-refractivity contribution in [1.29, 1.82) is 0 Å². The van der Waals surface area contributed by atoms with Crippen LogP contribution in [0.3, 0.4) is 0 Å². The van der Waals surface area contributed by atoms with Crippen molar-refractivity contribution in [3.8, 4) is 0 Å². The monoisotopic (exact) mass is 326 g/mol. The zero-order chi connectivity index (χ0) is 16.5. The van der Waals surface area contributed by atoms with Crippen molar-refractivity contribution < 1.29 is 9.21 Å². The molecule has 1 N–H and O–H groups in total. The fourth-order valence-electron chi connectivity index (χ4n) is 2.98. The van der Waals surface area contributed by atoms with Crippen LogP contribution in [0.25, 0.3) is 11.1 Å². The minimum atomic E-state index is 0.0327. The highest BCUT2D eigenvalue weighted by atomic mass is 16.3. The number of nitrogens with one attached hydrogen (secondary N) is 1. The van der Waals surface area contributed by atoms with Gasteiger partial charge in [-0.1, -0.05) is 0 Å². The minimum Gasteiger partial charge on any atom is -0.441 e. The maximum atomic E-state index is 12.7. The summed E-state index contributed by atoms with van der Waals surface area (Å²) in [5.74, 6) is 1.49. The molecule has 1 aliphatic heterocycles. The van der Waals surface area contributed by atoms with Gasteiger partial charge in [-0.25, -0.2) is 9.97 Å². The van der Waals surface area contributed by atoms with E-state index >= 15 is 0 Å². The summed E-state index contributed by atoms with van der Waals surface area (Å²) in [6.45, 7) is 5.55. The second kappa shape index (κ2) is 6.04. The van der Waals surface area contributed by atoms with Gasteiger partial charge in [0.1, 0.15) is 17.7 Å². The smallest absolute Gasteiger partial charge is 0.254 e. The van der Waals surface area contributed by atoms with Gasteiger partial charge in [-0.2, -0.15) is 5.10 Å². The molecule has 24 heavy (non-hydrogen) atoms. The molecule has 0 radical (unpaired) electrons. The van der Waals surface area contributed by atoms with Crippen molar-refractivity contribution in [2.75, 3.05) is 26.2 Å². The van der Waals surface area contributed by atoms with Crippen molar-refractivity contribution in [1.82, 2.24) is 30.0 Å². The van der Waals surface area contributed by atoms with Crippen LogP contribution in [0.2, 0.25) is 0 Å². The molecule has 0 unspecified atom stereocenters. The molecule has 0 aliphatic carbocycles. The molecule has 0 bridgehead atoms. The van der Waals surface area contributed by atoms with Crippen molar-refractivity contribution in [3.63, 3.8) is 0 Å². The zero-order valence-electron chi connectivity index (χ0n) is 13.4. The molecule has 8 heteroatoms. The summed E-state index contributed by atoms with van der Waals surface area (Å²) in [6, 6.07) is 5.42. The number of aromatic amines is 1. The van der Waals surface area contributed by atoms with Crippen LogP contribution in [0.1, 0.15) is 22.1 Å². The molecule has 3 aromatic rings. The lowest BCUT2D eigenvalue weighted by Crippen LogP contribution is -2.48. The number of rotatable bonds is 3. The van der Waals surface area contributed by atoms with Gasteiger partial charge in [0.25, 0.3) is 5.91 Å². The summed E-state index contributed by atoms with van der Waals surface area (Å²) in [5, 5.41) is 6.72. The van der Waals surface area contributed by atoms with Crippen LogP contribution in [-0.4, -0.2) is 62.1 Å². The average molecular weight is 326 g/mol. The van der Waals surface area contributed by atoms with E-state index in [1.807, 2.05) is 17.0 Å². The molecule has 1 fully saturated rings. The number of benzene rings is 1. The number of oxazole rings is 1. The molecule has 3 heterocycles. The molecule has 1 aromatic carbocycles. The fraction of sp³-hybridized carbons (Fsp3) is 0.375. The summed E-state index contributed by atoms with van der Waals surface area (Å²) in [5.41, 5.74) is 2.07. The van der Waals surface area contributed by atoms with Gasteiger partial charge in [0.2, 0.25) is 0 Å². The van der Waals surface area contributed by atoms with E-state index in [9.17, 15) is 4.79 Å². The second-order valence-electron chi connectivity index (χ2n) is 5.92. The number of carbonyl (C=O) groups excluding carboxylic acids is 1. The van der Waals surface area contributed by atoms with Crippen LogP contribution in [0.4, 0.5) is 0 Å². The minimum absolute atomic E-state index is 0.0327. The maximum Gasteiger partial charge on any atom is 0.254 e. The highest BCUT2D eigenvalue weighted by molar-refractivity contribution is 5.97. The largest absolute Gasteiger partial charge is 0.441 e. The van der Waals surface area contributed by atoms with E-state index in [-0.39, 0.29) is 5.91 Å². The number of nitrogens with zero attached hydrogens (tertiary/aromatic N) is 5. The Morgan fingerprint density at radius 1 is 1.29 bits per heavy atom. The van der Waals surface area contributed by atoms with E-state index in [1.165, 1.54) is 6.33 Å². The van der Waals surface area contributed by atoms with E-state index < -0.39 is 0 Å². The number of hydrogen-bond acceptors (Lipinski definition) is 6. The number of aromatic nitrogens is 4. The van der Waals surface area contributed by atoms with E-state index in [1.54, 1.807) is 13.0 Å². The molecule has 8 nitrogen and oxygen atoms in total. The SMILES string of the molecule is Cc1nc2ccc(C(=O)N3CCN(Cc4ncn[nH]4)CC3)cc2o1. The van der Waals surface area contributed by atoms with Gasteiger partial charge in [-0.3, -0.25) is 14.8 Å². The van der Waals surface area contributed by atoms with Crippen LogP contribution in [0.5, 0.6) is 0 Å². The predicted octanol–water partition coefficient (Wildman–Crippen LogP) is 1.21. The zero-order valence-corrected chi connectivity index (χ0v) is 13.4. The number of amides is 1. The van der Waals surface area contributed by atoms with Crippen LogP contribution < -0.4 is 0 Å². The molecular weight excluding hydrogens is 308 g/mol. The molecule has 1 saturated heterocycles. The Bertz CT molecular complexity index is 849. The lowest BCUT2D eigenvalue weighted by atomic mass is 10.1. The van der Waals surface area contributed by atoms with Crippen molar-refractivity contribution in [2.24, 2.45) is 0 Å². The van der Waals surface area contributed by atoms with Gasteiger partial charge < -0.3 is 9.32 Å². The van der Waals surface area contributed by atoms with Gasteiger partial charge in [-0.05, 0) is 18.2 Å². The molecule has 0 atom stereocenters. The quantitative estimate of drug-likeness (QED) is 0.778. The lowest BCUT2D eigenvalue weighted by Gasteiger charge is -2.34. The van der Waals surface area contributed by atoms with E-state index in [2.05, 4.69) is 25.1 Å². The topological polar surface area (TPSA) is 91.2 Å². The standard InChI is InChI=1S/C16H18N6O2/c1-11-19-13-3-2-12(8-14(13)24-11)16(23)22-6-4-21(5-7-22)9-15-17-10-18-20-15/h2-3,8,10H,4-7,9H2,1H3,(H,17,18,20). The predicted molar refractivity (Wildman–Crippen MR) is 86.3 cm³/mol. The lowest BCUT2D eigenvalue weighted by molar-refractivity contribution is 0.0625. The van der Waals surface area contributed by atoms with Gasteiger partial charge in [0.05, 0.1) is 6.54 Å². The highest BCUT2D eigenvalue weighted by Crippen LogP contribution is 2.18. The number of H-pyrrole nitrogens is 1. The third kappa shape index (κ3) is 2.88. The summed E-state index contributed by atoms with van der Waals surface area (Å²) < 4.78 is 5.52. The molecule has 1 aliphatic rings. The molecule has 2 aromatic heterocycles. The first kappa shape index (κ1) is 14.8. The summed E-state index contributed by atoms with van der Waals surface area (Å²) >= 11 is 0. The van der Waals surface area contributed by atoms with Crippen molar-refractivity contribution in [3.05, 3.63) is 41.8 Å². The van der Waals surface area contributed by atoms with E-state index in [4.69, 9.17) is 4.42 Å². The Morgan fingerprint density at radius 2 is 2.12 bits per heavy atom. The first-order valence-electron chi connectivity index (χ1n) is 7.92.